The van der Waals surface area contributed by atoms with Gasteiger partial charge in [0, 0.05) is 13.2 Å². The molecule has 1 saturated heterocycles. The molecule has 33 heavy (non-hydrogen) atoms. The Morgan fingerprint density at radius 3 is 2.73 bits per heavy atom. The minimum atomic E-state index is -0.337. The van der Waals surface area contributed by atoms with E-state index in [4.69, 9.17) is 14.5 Å². The number of ether oxygens (including phenoxy) is 2. The Kier molecular flexibility index (Phi) is 7.65. The summed E-state index contributed by atoms with van der Waals surface area (Å²) in [7, 11) is 0. The van der Waals surface area contributed by atoms with Gasteiger partial charge in [-0.15, -0.1) is 0 Å². The number of aromatic nitrogens is 2. The van der Waals surface area contributed by atoms with E-state index in [1.54, 1.807) is 0 Å². The zero-order valence-electron chi connectivity index (χ0n) is 19.9. The lowest BCUT2D eigenvalue weighted by atomic mass is 10.0. The van der Waals surface area contributed by atoms with Gasteiger partial charge in [-0.1, -0.05) is 44.2 Å². The Morgan fingerprint density at radius 2 is 1.94 bits per heavy atom. The van der Waals surface area contributed by atoms with Crippen molar-refractivity contribution in [1.82, 2.24) is 14.9 Å². The van der Waals surface area contributed by atoms with Crippen LogP contribution in [0.2, 0.25) is 0 Å². The van der Waals surface area contributed by atoms with E-state index in [1.165, 1.54) is 5.56 Å². The van der Waals surface area contributed by atoms with Crippen LogP contribution in [0.25, 0.3) is 11.0 Å². The van der Waals surface area contributed by atoms with Crippen LogP contribution in [0.5, 0.6) is 5.75 Å². The number of unbranched alkanes of at least 4 members (excludes halogenated alkanes) is 1. The second-order valence-electron chi connectivity index (χ2n) is 9.09. The van der Waals surface area contributed by atoms with Gasteiger partial charge in [-0.3, -0.25) is 4.79 Å². The predicted molar refractivity (Wildman–Crippen MR) is 131 cm³/mol. The molecular formula is C27H35N3O3. The highest BCUT2D eigenvalue weighted by molar-refractivity contribution is 5.81. The Hall–Kier alpha value is -2.86. The standard InChI is InChI=1S/C27H35N3O3/c1-19(2)21-11-4-7-14-24(21)32-17-9-8-16-30-23-13-6-5-12-22(23)29-26(30)20(3)28-27(31)25-15-10-18-33-25/h4-7,11-14,19-20,25H,8-10,15-18H2,1-3H3,(H,28,31). The number of hydrogen-bond donors (Lipinski definition) is 1. The molecule has 1 N–H and O–H groups in total. The number of benzene rings is 2. The normalized spacial score (nSPS) is 16.9. The number of nitrogens with one attached hydrogen (secondary N) is 1. The van der Waals surface area contributed by atoms with Crippen molar-refractivity contribution in [3.63, 3.8) is 0 Å². The monoisotopic (exact) mass is 449 g/mol. The third kappa shape index (κ3) is 5.56. The van der Waals surface area contributed by atoms with Gasteiger partial charge >= 0.3 is 0 Å². The first kappa shape index (κ1) is 23.3. The number of para-hydroxylation sites is 3. The average Bonchev–Trinajstić information content (AvgIpc) is 3.48. The molecule has 0 aliphatic carbocycles. The van der Waals surface area contributed by atoms with E-state index in [9.17, 15) is 4.79 Å². The van der Waals surface area contributed by atoms with Crippen molar-refractivity contribution in [2.45, 2.75) is 71.1 Å². The molecule has 4 rings (SSSR count). The van der Waals surface area contributed by atoms with Crippen LogP contribution < -0.4 is 10.1 Å². The molecule has 6 nitrogen and oxygen atoms in total. The molecule has 0 spiro atoms. The molecule has 1 fully saturated rings. The molecule has 0 saturated carbocycles. The van der Waals surface area contributed by atoms with Crippen LogP contribution in [-0.4, -0.2) is 34.8 Å². The number of imidazole rings is 1. The fraction of sp³-hybridized carbons (Fsp3) is 0.481. The summed E-state index contributed by atoms with van der Waals surface area (Å²) < 4.78 is 13.9. The molecule has 2 atom stereocenters. The van der Waals surface area contributed by atoms with E-state index >= 15 is 0 Å². The lowest BCUT2D eigenvalue weighted by Crippen LogP contribution is -2.36. The average molecular weight is 450 g/mol. The first-order valence-electron chi connectivity index (χ1n) is 12.1. The summed E-state index contributed by atoms with van der Waals surface area (Å²) in [6, 6.07) is 16.2. The zero-order chi connectivity index (χ0) is 23.2. The van der Waals surface area contributed by atoms with Gasteiger partial charge in [0.05, 0.1) is 23.7 Å². The van der Waals surface area contributed by atoms with E-state index in [0.717, 1.165) is 54.8 Å². The van der Waals surface area contributed by atoms with Gasteiger partial charge in [-0.05, 0) is 62.3 Å². The molecular weight excluding hydrogens is 414 g/mol. The van der Waals surface area contributed by atoms with Crippen molar-refractivity contribution in [3.05, 3.63) is 59.9 Å². The Labute approximate surface area is 196 Å². The minimum Gasteiger partial charge on any atom is -0.493 e. The molecule has 2 heterocycles. The smallest absolute Gasteiger partial charge is 0.249 e. The van der Waals surface area contributed by atoms with Crippen LogP contribution in [0.15, 0.2) is 48.5 Å². The van der Waals surface area contributed by atoms with E-state index in [2.05, 4.69) is 48.0 Å². The van der Waals surface area contributed by atoms with Crippen molar-refractivity contribution < 1.29 is 14.3 Å². The van der Waals surface area contributed by atoms with Gasteiger partial charge in [0.25, 0.3) is 0 Å². The largest absolute Gasteiger partial charge is 0.493 e. The third-order valence-electron chi connectivity index (χ3n) is 6.23. The number of nitrogens with zero attached hydrogens (tertiary/aromatic N) is 2. The fourth-order valence-corrected chi connectivity index (χ4v) is 4.46. The lowest BCUT2D eigenvalue weighted by molar-refractivity contribution is -0.130. The summed E-state index contributed by atoms with van der Waals surface area (Å²) in [5.74, 6) is 2.25. The zero-order valence-corrected chi connectivity index (χ0v) is 19.9. The van der Waals surface area contributed by atoms with Crippen molar-refractivity contribution in [3.8, 4) is 5.75 Å². The molecule has 2 aromatic carbocycles. The number of aryl methyl sites for hydroxylation is 1. The van der Waals surface area contributed by atoms with Crippen LogP contribution in [0, 0.1) is 0 Å². The lowest BCUT2D eigenvalue weighted by Gasteiger charge is -2.18. The van der Waals surface area contributed by atoms with Crippen LogP contribution in [0.1, 0.15) is 69.8 Å². The molecule has 1 aromatic heterocycles. The van der Waals surface area contributed by atoms with Crippen LogP contribution in [-0.2, 0) is 16.1 Å². The first-order valence-corrected chi connectivity index (χ1v) is 12.1. The summed E-state index contributed by atoms with van der Waals surface area (Å²) in [5, 5.41) is 3.11. The van der Waals surface area contributed by atoms with Gasteiger partial charge < -0.3 is 19.4 Å². The number of carbonyl (C=O) groups is 1. The Balaban J connectivity index is 1.39. The van der Waals surface area contributed by atoms with Gasteiger partial charge in [-0.2, -0.15) is 0 Å². The molecule has 1 aliphatic heterocycles. The SMILES string of the molecule is CC(C)c1ccccc1OCCCCn1c(C(C)NC(=O)C2CCCO2)nc2ccccc21. The molecule has 6 heteroatoms. The third-order valence-corrected chi connectivity index (χ3v) is 6.23. The van der Waals surface area contributed by atoms with Crippen LogP contribution in [0.4, 0.5) is 0 Å². The second kappa shape index (κ2) is 10.8. The van der Waals surface area contributed by atoms with E-state index in [-0.39, 0.29) is 18.1 Å². The topological polar surface area (TPSA) is 65.4 Å². The minimum absolute atomic E-state index is 0.0455. The maximum atomic E-state index is 12.6. The Bertz CT molecular complexity index is 1070. The van der Waals surface area contributed by atoms with Crippen molar-refractivity contribution >= 4 is 16.9 Å². The summed E-state index contributed by atoms with van der Waals surface area (Å²) in [4.78, 5) is 17.4. The summed E-state index contributed by atoms with van der Waals surface area (Å²) >= 11 is 0. The molecule has 0 radical (unpaired) electrons. The van der Waals surface area contributed by atoms with Gasteiger partial charge in [0.15, 0.2) is 0 Å². The quantitative estimate of drug-likeness (QED) is 0.422. The molecule has 3 aromatic rings. The fourth-order valence-electron chi connectivity index (χ4n) is 4.46. The molecule has 0 bridgehead atoms. The summed E-state index contributed by atoms with van der Waals surface area (Å²) in [6.07, 6.45) is 3.29. The highest BCUT2D eigenvalue weighted by Gasteiger charge is 2.26. The summed E-state index contributed by atoms with van der Waals surface area (Å²) in [5.41, 5.74) is 3.29. The van der Waals surface area contributed by atoms with Gasteiger partial charge in [0.1, 0.15) is 17.7 Å². The maximum absolute atomic E-state index is 12.6. The molecule has 1 aliphatic rings. The van der Waals surface area contributed by atoms with Crippen molar-refractivity contribution in [2.24, 2.45) is 0 Å². The summed E-state index contributed by atoms with van der Waals surface area (Å²) in [6.45, 7) is 8.53. The van der Waals surface area contributed by atoms with Gasteiger partial charge in [0.2, 0.25) is 5.91 Å². The van der Waals surface area contributed by atoms with Crippen LogP contribution in [0.3, 0.4) is 0 Å². The van der Waals surface area contributed by atoms with Crippen molar-refractivity contribution in [1.29, 1.82) is 0 Å². The van der Waals surface area contributed by atoms with Crippen LogP contribution >= 0.6 is 0 Å². The number of rotatable bonds is 10. The Morgan fingerprint density at radius 1 is 1.15 bits per heavy atom. The maximum Gasteiger partial charge on any atom is 0.249 e. The van der Waals surface area contributed by atoms with E-state index < -0.39 is 0 Å². The van der Waals surface area contributed by atoms with E-state index in [0.29, 0.717) is 19.1 Å². The number of carbonyl (C=O) groups excluding carboxylic acids is 1. The van der Waals surface area contributed by atoms with Crippen molar-refractivity contribution in [2.75, 3.05) is 13.2 Å². The highest BCUT2D eigenvalue weighted by Crippen LogP contribution is 2.26. The number of amides is 1. The molecule has 1 amide bonds. The second-order valence-corrected chi connectivity index (χ2v) is 9.09. The molecule has 176 valence electrons. The number of hydrogen-bond acceptors (Lipinski definition) is 4. The van der Waals surface area contributed by atoms with E-state index in [1.807, 2.05) is 31.2 Å². The number of fused-ring (bicyclic) bond motifs is 1. The predicted octanol–water partition coefficient (Wildman–Crippen LogP) is 5.38. The molecule has 2 unspecified atom stereocenters. The van der Waals surface area contributed by atoms with Gasteiger partial charge in [-0.25, -0.2) is 4.98 Å². The highest BCUT2D eigenvalue weighted by atomic mass is 16.5. The first-order chi connectivity index (χ1) is 16.0.